The smallest absolute Gasteiger partial charge is 0.216 e. The molecule has 134 valence electrons. The molecule has 0 fully saturated rings. The van der Waals surface area contributed by atoms with Crippen molar-refractivity contribution in [3.8, 4) is 5.75 Å². The predicted molar refractivity (Wildman–Crippen MR) is 107 cm³/mol. The highest BCUT2D eigenvalue weighted by Crippen LogP contribution is 2.16. The van der Waals surface area contributed by atoms with Crippen molar-refractivity contribution in [3.05, 3.63) is 74.8 Å². The quantitative estimate of drug-likeness (QED) is 0.539. The molecule has 2 aromatic carbocycles. The molecule has 0 atom stereocenters. The Bertz CT molecular complexity index is 1000. The first kappa shape index (κ1) is 18.1. The summed E-state index contributed by atoms with van der Waals surface area (Å²) in [5, 5.41) is 11.7. The maximum absolute atomic E-state index is 5.33. The summed E-state index contributed by atoms with van der Waals surface area (Å²) in [4.78, 5) is 0. The molecule has 1 N–H and O–H groups in total. The van der Waals surface area contributed by atoms with Gasteiger partial charge in [0.05, 0.1) is 13.3 Å². The van der Waals surface area contributed by atoms with E-state index in [-0.39, 0.29) is 0 Å². The number of nitrogens with one attached hydrogen (secondary N) is 1. The topological polar surface area (TPSA) is 55.2 Å². The van der Waals surface area contributed by atoms with Crippen LogP contribution < -0.4 is 4.74 Å². The Morgan fingerprint density at radius 2 is 1.81 bits per heavy atom. The number of hydrogen-bond acceptors (Lipinski definition) is 4. The normalized spacial score (nSPS) is 11.2. The van der Waals surface area contributed by atoms with E-state index in [1.807, 2.05) is 30.5 Å². The highest BCUT2D eigenvalue weighted by atomic mass is 32.1. The highest BCUT2D eigenvalue weighted by molar-refractivity contribution is 7.71. The van der Waals surface area contributed by atoms with Gasteiger partial charge in [-0.05, 0) is 79.0 Å². The molecule has 0 spiro atoms. The van der Waals surface area contributed by atoms with Crippen LogP contribution in [-0.2, 0) is 6.42 Å². The van der Waals surface area contributed by atoms with Gasteiger partial charge >= 0.3 is 0 Å². The summed E-state index contributed by atoms with van der Waals surface area (Å²) < 4.78 is 7.35. The number of hydrogen-bond donors (Lipinski definition) is 1. The van der Waals surface area contributed by atoms with Crippen LogP contribution in [0.1, 0.15) is 33.6 Å². The van der Waals surface area contributed by atoms with Crippen molar-refractivity contribution in [1.82, 2.24) is 14.9 Å². The summed E-state index contributed by atoms with van der Waals surface area (Å²) in [5.41, 5.74) is 5.89. The zero-order valence-electron chi connectivity index (χ0n) is 15.4. The third-order valence-electron chi connectivity index (χ3n) is 4.43. The highest BCUT2D eigenvalue weighted by Gasteiger charge is 2.07. The maximum atomic E-state index is 5.33. The molecule has 6 heteroatoms. The average molecular weight is 366 g/mol. The fraction of sp³-hybridized carbons (Fsp3) is 0.250. The SMILES string of the molecule is COc1ccc(Cc2n[nH]c(=S)n2/N=C\c2cc(C)c(C)cc2C)cc1. The molecule has 3 aromatic rings. The van der Waals surface area contributed by atoms with Crippen molar-refractivity contribution in [2.75, 3.05) is 7.11 Å². The van der Waals surface area contributed by atoms with Crippen LogP contribution in [0, 0.1) is 25.5 Å². The second-order valence-corrected chi connectivity index (χ2v) is 6.71. The Morgan fingerprint density at radius 3 is 2.50 bits per heavy atom. The van der Waals surface area contributed by atoms with Crippen LogP contribution in [0.3, 0.4) is 0 Å². The zero-order chi connectivity index (χ0) is 18.7. The van der Waals surface area contributed by atoms with Gasteiger partial charge in [-0.3, -0.25) is 5.10 Å². The van der Waals surface area contributed by atoms with Crippen LogP contribution in [0.15, 0.2) is 41.5 Å². The Balaban J connectivity index is 1.88. The summed E-state index contributed by atoms with van der Waals surface area (Å²) in [6.45, 7) is 6.30. The number of methoxy groups -OCH3 is 1. The van der Waals surface area contributed by atoms with Crippen molar-refractivity contribution in [1.29, 1.82) is 0 Å². The number of H-pyrrole nitrogens is 1. The molecule has 26 heavy (non-hydrogen) atoms. The molecule has 5 nitrogen and oxygen atoms in total. The first-order chi connectivity index (χ1) is 12.5. The van der Waals surface area contributed by atoms with Gasteiger partial charge in [-0.1, -0.05) is 18.2 Å². The van der Waals surface area contributed by atoms with E-state index in [1.54, 1.807) is 11.8 Å². The fourth-order valence-corrected chi connectivity index (χ4v) is 2.92. The third kappa shape index (κ3) is 3.91. The van der Waals surface area contributed by atoms with Gasteiger partial charge in [0.1, 0.15) is 5.75 Å². The van der Waals surface area contributed by atoms with Crippen LogP contribution in [0.5, 0.6) is 5.75 Å². The number of nitrogens with zero attached hydrogens (tertiary/aromatic N) is 3. The zero-order valence-corrected chi connectivity index (χ0v) is 16.2. The van der Waals surface area contributed by atoms with E-state index >= 15 is 0 Å². The Labute approximate surface area is 158 Å². The Kier molecular flexibility index (Phi) is 5.32. The summed E-state index contributed by atoms with van der Waals surface area (Å²) in [6.07, 6.45) is 2.46. The molecule has 0 aliphatic rings. The van der Waals surface area contributed by atoms with Crippen molar-refractivity contribution in [3.63, 3.8) is 0 Å². The summed E-state index contributed by atoms with van der Waals surface area (Å²) in [6, 6.07) is 12.2. The molecule has 0 aliphatic carbocycles. The van der Waals surface area contributed by atoms with E-state index in [9.17, 15) is 0 Å². The molecule has 1 heterocycles. The molecule has 0 saturated heterocycles. The lowest BCUT2D eigenvalue weighted by atomic mass is 10.0. The van der Waals surface area contributed by atoms with Crippen LogP contribution in [0.4, 0.5) is 0 Å². The Hall–Kier alpha value is -2.73. The van der Waals surface area contributed by atoms with Gasteiger partial charge in [0, 0.05) is 6.42 Å². The monoisotopic (exact) mass is 366 g/mol. The second kappa shape index (κ2) is 7.66. The van der Waals surface area contributed by atoms with Gasteiger partial charge in [-0.15, -0.1) is 0 Å². The van der Waals surface area contributed by atoms with Gasteiger partial charge < -0.3 is 4.74 Å². The standard InChI is InChI=1S/C20H22N4OS/c1-13-9-15(3)17(10-14(13)2)12-21-24-19(22-23-20(24)26)11-16-5-7-18(25-4)8-6-16/h5-10,12H,11H2,1-4H3,(H,23,26)/b21-12-. The lowest BCUT2D eigenvalue weighted by Crippen LogP contribution is -2.01. The van der Waals surface area contributed by atoms with Gasteiger partial charge in [-0.25, -0.2) is 0 Å². The van der Waals surface area contributed by atoms with E-state index in [2.05, 4.69) is 48.2 Å². The number of ether oxygens (including phenoxy) is 1. The largest absolute Gasteiger partial charge is 0.497 e. The van der Waals surface area contributed by atoms with Crippen LogP contribution >= 0.6 is 12.2 Å². The minimum Gasteiger partial charge on any atom is -0.497 e. The predicted octanol–water partition coefficient (Wildman–Crippen LogP) is 4.35. The van der Waals surface area contributed by atoms with Crippen LogP contribution in [0.2, 0.25) is 0 Å². The maximum Gasteiger partial charge on any atom is 0.216 e. The van der Waals surface area contributed by atoms with Gasteiger partial charge in [0.15, 0.2) is 5.82 Å². The lowest BCUT2D eigenvalue weighted by Gasteiger charge is -2.06. The molecule has 0 unspecified atom stereocenters. The molecule has 0 radical (unpaired) electrons. The van der Waals surface area contributed by atoms with Crippen molar-refractivity contribution < 1.29 is 4.74 Å². The molecular weight excluding hydrogens is 344 g/mol. The van der Waals surface area contributed by atoms with E-state index in [4.69, 9.17) is 17.0 Å². The molecule has 0 aliphatic heterocycles. The van der Waals surface area contributed by atoms with Crippen molar-refractivity contribution in [2.45, 2.75) is 27.2 Å². The van der Waals surface area contributed by atoms with Crippen molar-refractivity contribution >= 4 is 18.4 Å². The van der Waals surface area contributed by atoms with Gasteiger partial charge in [-0.2, -0.15) is 14.9 Å². The van der Waals surface area contributed by atoms with E-state index in [0.29, 0.717) is 11.2 Å². The van der Waals surface area contributed by atoms with Crippen LogP contribution in [-0.4, -0.2) is 28.2 Å². The lowest BCUT2D eigenvalue weighted by molar-refractivity contribution is 0.414. The summed E-state index contributed by atoms with van der Waals surface area (Å²) in [5.74, 6) is 1.59. The van der Waals surface area contributed by atoms with E-state index in [1.165, 1.54) is 16.7 Å². The number of aromatic amines is 1. The number of aryl methyl sites for hydroxylation is 3. The average Bonchev–Trinajstić information content (AvgIpc) is 2.97. The minimum atomic E-state index is 0.478. The molecule has 3 rings (SSSR count). The molecule has 0 saturated carbocycles. The number of rotatable bonds is 5. The summed E-state index contributed by atoms with van der Waals surface area (Å²) >= 11 is 5.33. The number of aromatic nitrogens is 3. The van der Waals surface area contributed by atoms with E-state index in [0.717, 1.165) is 22.7 Å². The third-order valence-corrected chi connectivity index (χ3v) is 4.70. The van der Waals surface area contributed by atoms with Crippen LogP contribution in [0.25, 0.3) is 0 Å². The van der Waals surface area contributed by atoms with Gasteiger partial charge in [0.2, 0.25) is 4.77 Å². The molecule has 1 aromatic heterocycles. The molecule has 0 bridgehead atoms. The van der Waals surface area contributed by atoms with Crippen molar-refractivity contribution in [2.24, 2.45) is 5.10 Å². The molecular formula is C20H22N4OS. The first-order valence-electron chi connectivity index (χ1n) is 8.39. The van der Waals surface area contributed by atoms with Gasteiger partial charge in [0.25, 0.3) is 0 Å². The first-order valence-corrected chi connectivity index (χ1v) is 8.80. The number of benzene rings is 2. The Morgan fingerprint density at radius 1 is 1.12 bits per heavy atom. The minimum absolute atomic E-state index is 0.478. The fourth-order valence-electron chi connectivity index (χ4n) is 2.73. The second-order valence-electron chi connectivity index (χ2n) is 6.32. The van der Waals surface area contributed by atoms with E-state index < -0.39 is 0 Å². The molecule has 0 amide bonds. The summed E-state index contributed by atoms with van der Waals surface area (Å²) in [7, 11) is 1.66.